The van der Waals surface area contributed by atoms with Gasteiger partial charge in [-0.25, -0.2) is 4.79 Å². The number of ether oxygens (including phenoxy) is 3. The van der Waals surface area contributed by atoms with Gasteiger partial charge in [-0.1, -0.05) is 50.6 Å². The number of fused-ring (bicyclic) bond motifs is 4. The number of alkyl halides is 5. The summed E-state index contributed by atoms with van der Waals surface area (Å²) in [6.45, 7) is 8.37. The van der Waals surface area contributed by atoms with Crippen molar-refractivity contribution in [2.75, 3.05) is 19.8 Å². The van der Waals surface area contributed by atoms with Gasteiger partial charge in [-0.2, -0.15) is 22.0 Å². The zero-order valence-corrected chi connectivity index (χ0v) is 27.4. The van der Waals surface area contributed by atoms with Crippen LogP contribution >= 0.6 is 0 Å². The molecule has 2 N–H and O–H groups in total. The van der Waals surface area contributed by atoms with Crippen LogP contribution < -0.4 is 0 Å². The molecular weight excluding hydrogens is 623 g/mol. The third-order valence-electron chi connectivity index (χ3n) is 11.9. The number of benzene rings is 1. The molecule has 1 spiro atoms. The second-order valence-corrected chi connectivity index (χ2v) is 15.4. The third-order valence-corrected chi connectivity index (χ3v) is 11.9. The molecule has 6 rings (SSSR count). The average molecular weight is 669 g/mol. The smallest absolute Gasteiger partial charge is 0.456 e. The third kappa shape index (κ3) is 5.47. The number of aliphatic hydroxyl groups is 2. The zero-order valence-electron chi connectivity index (χ0n) is 27.4. The maximum atomic E-state index is 15.3. The largest absolute Gasteiger partial charge is 0.463 e. The maximum absolute atomic E-state index is 15.3. The highest BCUT2D eigenvalue weighted by Gasteiger charge is 2.79. The fraction of sp³-hybridized carbons (Fsp3) is 0.694. The lowest BCUT2D eigenvalue weighted by atomic mass is 9.49. The molecule has 0 amide bonds. The minimum atomic E-state index is -5.92. The summed E-state index contributed by atoms with van der Waals surface area (Å²) in [5.74, 6) is -8.41. The first-order valence-corrected chi connectivity index (χ1v) is 16.7. The quantitative estimate of drug-likeness (QED) is 0.147. The molecule has 1 aromatic rings. The van der Waals surface area contributed by atoms with Gasteiger partial charge in [0.25, 0.3) is 0 Å². The molecule has 0 aromatic heterocycles. The van der Waals surface area contributed by atoms with E-state index in [9.17, 15) is 28.2 Å². The molecule has 0 unspecified atom stereocenters. The average Bonchev–Trinajstić information content (AvgIpc) is 3.28. The molecule has 260 valence electrons. The predicted octanol–water partition coefficient (Wildman–Crippen LogP) is 7.49. The second-order valence-electron chi connectivity index (χ2n) is 15.4. The van der Waals surface area contributed by atoms with Gasteiger partial charge in [0.1, 0.15) is 5.60 Å². The SMILES string of the molecule is CCOC(=O)C=Cc1ccc([C@H]2C[C@@]3(C)[C@@H](CC[C@@]3(O)C(F)(F)C(F)(F)F)[C@@H]3CC[C@@]4(O)CC5(CCC4=C32)OCC(C)(C)CO5)cc1. The first-order valence-electron chi connectivity index (χ1n) is 16.7. The summed E-state index contributed by atoms with van der Waals surface area (Å²) in [5, 5.41) is 23.9. The number of carbonyl (C=O) groups excluding carboxylic acids is 1. The number of hydrogen-bond donors (Lipinski definition) is 2. The van der Waals surface area contributed by atoms with Gasteiger partial charge in [0.2, 0.25) is 0 Å². The molecule has 1 aromatic carbocycles. The van der Waals surface area contributed by atoms with Crippen molar-refractivity contribution >= 4 is 12.0 Å². The highest BCUT2D eigenvalue weighted by Crippen LogP contribution is 2.71. The highest BCUT2D eigenvalue weighted by molar-refractivity contribution is 5.87. The van der Waals surface area contributed by atoms with E-state index in [1.54, 1.807) is 37.3 Å². The molecule has 0 bridgehead atoms. The molecule has 0 radical (unpaired) electrons. The van der Waals surface area contributed by atoms with Crippen LogP contribution in [0.2, 0.25) is 0 Å². The van der Waals surface area contributed by atoms with Gasteiger partial charge < -0.3 is 24.4 Å². The number of allylic oxidation sites excluding steroid dienone is 1. The summed E-state index contributed by atoms with van der Waals surface area (Å²) in [6.07, 6.45) is -2.04. The van der Waals surface area contributed by atoms with E-state index >= 15 is 8.78 Å². The molecule has 47 heavy (non-hydrogen) atoms. The van der Waals surface area contributed by atoms with Crippen LogP contribution in [0.25, 0.3) is 6.08 Å². The molecular formula is C36H45F5O6. The van der Waals surface area contributed by atoms with E-state index in [2.05, 4.69) is 0 Å². The Morgan fingerprint density at radius 2 is 1.66 bits per heavy atom. The van der Waals surface area contributed by atoms with Crippen LogP contribution in [0.5, 0.6) is 0 Å². The zero-order chi connectivity index (χ0) is 34.3. The van der Waals surface area contributed by atoms with Crippen LogP contribution in [0.3, 0.4) is 0 Å². The summed E-state index contributed by atoms with van der Waals surface area (Å²) in [4.78, 5) is 11.8. The van der Waals surface area contributed by atoms with Crippen LogP contribution in [0, 0.1) is 22.7 Å². The van der Waals surface area contributed by atoms with E-state index in [-0.39, 0.29) is 31.3 Å². The molecule has 4 fully saturated rings. The van der Waals surface area contributed by atoms with E-state index in [4.69, 9.17) is 14.2 Å². The Morgan fingerprint density at radius 1 is 1.00 bits per heavy atom. The summed E-state index contributed by atoms with van der Waals surface area (Å²) in [7, 11) is 0. The van der Waals surface area contributed by atoms with Gasteiger partial charge in [0.05, 0.1) is 25.4 Å². The topological polar surface area (TPSA) is 85.2 Å². The second kappa shape index (κ2) is 11.4. The van der Waals surface area contributed by atoms with E-state index in [0.29, 0.717) is 50.0 Å². The van der Waals surface area contributed by atoms with E-state index in [0.717, 1.165) is 11.1 Å². The summed E-state index contributed by atoms with van der Waals surface area (Å²) in [5.41, 5.74) is -3.46. The number of esters is 1. The van der Waals surface area contributed by atoms with Gasteiger partial charge in [-0.3, -0.25) is 0 Å². The monoisotopic (exact) mass is 668 g/mol. The Bertz CT molecular complexity index is 1440. The van der Waals surface area contributed by atoms with Gasteiger partial charge in [-0.15, -0.1) is 0 Å². The first kappa shape index (κ1) is 34.5. The van der Waals surface area contributed by atoms with Crippen molar-refractivity contribution in [1.82, 2.24) is 0 Å². The van der Waals surface area contributed by atoms with E-state index in [1.165, 1.54) is 13.0 Å². The minimum absolute atomic E-state index is 0.0219. The molecule has 3 saturated carbocycles. The van der Waals surface area contributed by atoms with Crippen molar-refractivity contribution in [2.24, 2.45) is 22.7 Å². The predicted molar refractivity (Wildman–Crippen MR) is 163 cm³/mol. The van der Waals surface area contributed by atoms with Crippen molar-refractivity contribution in [1.29, 1.82) is 0 Å². The molecule has 1 aliphatic heterocycles. The first-order chi connectivity index (χ1) is 21.8. The lowest BCUT2D eigenvalue weighted by molar-refractivity contribution is -0.362. The molecule has 11 heteroatoms. The van der Waals surface area contributed by atoms with Crippen LogP contribution in [-0.4, -0.2) is 65.1 Å². The van der Waals surface area contributed by atoms with Crippen molar-refractivity contribution in [3.8, 4) is 0 Å². The van der Waals surface area contributed by atoms with Crippen molar-refractivity contribution < 1.29 is 51.2 Å². The Hall–Kier alpha value is -2.34. The van der Waals surface area contributed by atoms with Crippen LogP contribution in [0.15, 0.2) is 41.5 Å². The standard InChI is InChI=1S/C36H45F5O6/c1-5-45-28(42)11-8-22-6-9-23(10-7-22)25-18-31(4)26(14-17-34(31,44)35(37,38)36(39,40)41)24-12-15-32(43)19-33(16-13-27(32)29(24)25)46-20-30(2,3)21-47-33/h6-11,24-26,43-44H,5,12-21H2,1-4H3/t24-,25+,26-,31-,32+,34-/m0/s1. The highest BCUT2D eigenvalue weighted by atomic mass is 19.4. The van der Waals surface area contributed by atoms with Gasteiger partial charge in [-0.05, 0) is 80.1 Å². The Morgan fingerprint density at radius 3 is 2.28 bits per heavy atom. The number of halogens is 5. The van der Waals surface area contributed by atoms with Crippen molar-refractivity contribution in [3.05, 3.63) is 52.6 Å². The van der Waals surface area contributed by atoms with E-state index < -0.39 is 64.6 Å². The van der Waals surface area contributed by atoms with Crippen LogP contribution in [0.1, 0.15) is 96.1 Å². The summed E-state index contributed by atoms with van der Waals surface area (Å²) in [6, 6.07) is 7.07. The minimum Gasteiger partial charge on any atom is -0.463 e. The maximum Gasteiger partial charge on any atom is 0.456 e. The summed E-state index contributed by atoms with van der Waals surface area (Å²) < 4.78 is 89.9. The fourth-order valence-corrected chi connectivity index (χ4v) is 9.50. The Labute approximate surface area is 272 Å². The van der Waals surface area contributed by atoms with E-state index in [1.807, 2.05) is 13.8 Å². The normalized spacial score (nSPS) is 36.6. The molecule has 6 nitrogen and oxygen atoms in total. The lowest BCUT2D eigenvalue weighted by Crippen LogP contribution is -2.65. The lowest BCUT2D eigenvalue weighted by Gasteiger charge is -2.59. The van der Waals surface area contributed by atoms with Gasteiger partial charge in [0.15, 0.2) is 5.79 Å². The number of rotatable bonds is 5. The van der Waals surface area contributed by atoms with Gasteiger partial charge >= 0.3 is 18.1 Å². The Balaban J connectivity index is 1.42. The molecule has 1 saturated heterocycles. The van der Waals surface area contributed by atoms with Crippen molar-refractivity contribution in [2.45, 2.75) is 114 Å². The number of carbonyl (C=O) groups is 1. The molecule has 1 heterocycles. The van der Waals surface area contributed by atoms with Crippen molar-refractivity contribution in [3.63, 3.8) is 0 Å². The van der Waals surface area contributed by atoms with Crippen LogP contribution in [0.4, 0.5) is 22.0 Å². The number of hydrogen-bond acceptors (Lipinski definition) is 6. The fourth-order valence-electron chi connectivity index (χ4n) is 9.50. The van der Waals surface area contributed by atoms with Gasteiger partial charge in [0, 0.05) is 35.7 Å². The molecule has 5 aliphatic rings. The molecule has 6 atom stereocenters. The molecule has 4 aliphatic carbocycles. The Kier molecular flexibility index (Phi) is 8.34. The summed E-state index contributed by atoms with van der Waals surface area (Å²) >= 11 is 0. The van der Waals surface area contributed by atoms with Crippen LogP contribution in [-0.2, 0) is 19.0 Å².